The molecule has 0 aliphatic carbocycles. The lowest BCUT2D eigenvalue weighted by molar-refractivity contribution is 0.0430. The van der Waals surface area contributed by atoms with Crippen LogP contribution in [0.5, 0.6) is 0 Å². The quantitative estimate of drug-likeness (QED) is 0.808. The molecule has 0 saturated carbocycles. The summed E-state index contributed by atoms with van der Waals surface area (Å²) in [5.74, 6) is 0.186. The van der Waals surface area contributed by atoms with Crippen molar-refractivity contribution in [2.45, 2.75) is 13.5 Å². The Balaban J connectivity index is 2.05. The lowest BCUT2D eigenvalue weighted by Gasteiger charge is -2.04. The molecule has 0 aliphatic heterocycles. The maximum atomic E-state index is 11.8. The molecule has 1 heterocycles. The second-order valence-electron chi connectivity index (χ2n) is 3.44. The summed E-state index contributed by atoms with van der Waals surface area (Å²) >= 11 is 9.16. The monoisotopic (exact) mass is 330 g/mol. The second-order valence-corrected chi connectivity index (χ2v) is 4.76. The number of hydrogen-bond donors (Lipinski definition) is 0. The van der Waals surface area contributed by atoms with Gasteiger partial charge in [-0.15, -0.1) is 0 Å². The van der Waals surface area contributed by atoms with Crippen LogP contribution < -0.4 is 0 Å². The van der Waals surface area contributed by atoms with Gasteiger partial charge in [0, 0.05) is 4.47 Å². The van der Waals surface area contributed by atoms with E-state index in [2.05, 4.69) is 26.1 Å². The number of hydrogen-bond acceptors (Lipinski definition) is 5. The van der Waals surface area contributed by atoms with Gasteiger partial charge < -0.3 is 9.26 Å². The van der Waals surface area contributed by atoms with Gasteiger partial charge in [0.2, 0.25) is 0 Å². The summed E-state index contributed by atoms with van der Waals surface area (Å²) in [6, 6.07) is 4.93. The molecule has 1 aromatic carbocycles. The fourth-order valence-electron chi connectivity index (χ4n) is 1.26. The average Bonchev–Trinajstić information content (AvgIpc) is 2.75. The fraction of sp³-hybridized carbons (Fsp3) is 0.182. The third-order valence-corrected chi connectivity index (χ3v) is 2.87. The number of nitrogens with zero attached hydrogens (tertiary/aromatic N) is 2. The van der Waals surface area contributed by atoms with Gasteiger partial charge in [-0.05, 0) is 25.1 Å². The summed E-state index contributed by atoms with van der Waals surface area (Å²) in [6.07, 6.45) is 0. The molecule has 0 N–H and O–H groups in total. The van der Waals surface area contributed by atoms with E-state index < -0.39 is 5.97 Å². The predicted octanol–water partition coefficient (Wildman–Crippen LogP) is 3.15. The highest BCUT2D eigenvalue weighted by Gasteiger charge is 2.14. The van der Waals surface area contributed by atoms with Gasteiger partial charge in [-0.25, -0.2) is 4.79 Å². The van der Waals surface area contributed by atoms with Gasteiger partial charge in [0.05, 0.1) is 10.6 Å². The van der Waals surface area contributed by atoms with Gasteiger partial charge in [0.25, 0.3) is 5.89 Å². The van der Waals surface area contributed by atoms with Crippen molar-refractivity contribution in [3.05, 3.63) is 45.0 Å². The summed E-state index contributed by atoms with van der Waals surface area (Å²) < 4.78 is 10.6. The van der Waals surface area contributed by atoms with Crippen LogP contribution in [-0.4, -0.2) is 16.1 Å². The van der Waals surface area contributed by atoms with E-state index in [1.807, 2.05) is 0 Å². The number of esters is 1. The minimum atomic E-state index is -0.544. The van der Waals surface area contributed by atoms with Crippen LogP contribution in [-0.2, 0) is 11.3 Å². The number of ether oxygens (including phenoxy) is 1. The first-order valence-corrected chi connectivity index (χ1v) is 6.14. The Hall–Kier alpha value is -1.40. The van der Waals surface area contributed by atoms with Gasteiger partial charge in [0.15, 0.2) is 12.4 Å². The standard InChI is InChI=1S/C11H8BrClN2O3/c1-6-14-10(18-15-6)5-17-11(16)8-4-7(12)2-3-9(8)13/h2-4H,5H2,1H3. The molecule has 94 valence electrons. The molecular formula is C11H8BrClN2O3. The zero-order chi connectivity index (χ0) is 13.1. The highest BCUT2D eigenvalue weighted by Crippen LogP contribution is 2.22. The Morgan fingerprint density at radius 3 is 3.00 bits per heavy atom. The summed E-state index contributed by atoms with van der Waals surface area (Å²) in [5.41, 5.74) is 0.280. The smallest absolute Gasteiger partial charge is 0.340 e. The lowest BCUT2D eigenvalue weighted by atomic mass is 10.2. The van der Waals surface area contributed by atoms with E-state index in [0.717, 1.165) is 4.47 Å². The molecule has 18 heavy (non-hydrogen) atoms. The largest absolute Gasteiger partial charge is 0.452 e. The van der Waals surface area contributed by atoms with E-state index in [1.165, 1.54) is 0 Å². The molecular weight excluding hydrogens is 323 g/mol. The van der Waals surface area contributed by atoms with Crippen LogP contribution in [0.15, 0.2) is 27.2 Å². The fourth-order valence-corrected chi connectivity index (χ4v) is 1.81. The van der Waals surface area contributed by atoms with Crippen LogP contribution in [0.25, 0.3) is 0 Å². The van der Waals surface area contributed by atoms with Gasteiger partial charge >= 0.3 is 5.97 Å². The van der Waals surface area contributed by atoms with Crippen LogP contribution in [0.2, 0.25) is 5.02 Å². The molecule has 0 fully saturated rings. The molecule has 0 unspecified atom stereocenters. The molecule has 0 saturated heterocycles. The van der Waals surface area contributed by atoms with Gasteiger partial charge in [-0.3, -0.25) is 0 Å². The van der Waals surface area contributed by atoms with E-state index in [1.54, 1.807) is 25.1 Å². The maximum Gasteiger partial charge on any atom is 0.340 e. The number of aromatic nitrogens is 2. The lowest BCUT2D eigenvalue weighted by Crippen LogP contribution is -2.06. The molecule has 0 radical (unpaired) electrons. The molecule has 0 spiro atoms. The van der Waals surface area contributed by atoms with Gasteiger partial charge in [-0.2, -0.15) is 4.98 Å². The Morgan fingerprint density at radius 1 is 1.56 bits per heavy atom. The molecule has 2 rings (SSSR count). The van der Waals surface area contributed by atoms with Crippen molar-refractivity contribution in [3.8, 4) is 0 Å². The van der Waals surface area contributed by atoms with E-state index in [-0.39, 0.29) is 18.1 Å². The van der Waals surface area contributed by atoms with E-state index >= 15 is 0 Å². The first-order valence-electron chi connectivity index (χ1n) is 4.97. The molecule has 5 nitrogen and oxygen atoms in total. The number of aryl methyl sites for hydroxylation is 1. The zero-order valence-electron chi connectivity index (χ0n) is 9.31. The normalized spacial score (nSPS) is 10.4. The summed E-state index contributed by atoms with van der Waals surface area (Å²) in [4.78, 5) is 15.7. The summed E-state index contributed by atoms with van der Waals surface area (Å²) in [7, 11) is 0. The van der Waals surface area contributed by atoms with Gasteiger partial charge in [0.1, 0.15) is 0 Å². The van der Waals surface area contributed by atoms with E-state index in [4.69, 9.17) is 20.9 Å². The number of rotatable bonds is 3. The topological polar surface area (TPSA) is 65.2 Å². The second kappa shape index (κ2) is 5.49. The molecule has 2 aromatic rings. The van der Waals surface area contributed by atoms with Crippen LogP contribution in [0.1, 0.15) is 22.1 Å². The van der Waals surface area contributed by atoms with Crippen molar-refractivity contribution in [1.82, 2.24) is 10.1 Å². The van der Waals surface area contributed by atoms with Crippen LogP contribution >= 0.6 is 27.5 Å². The van der Waals surface area contributed by atoms with E-state index in [0.29, 0.717) is 10.8 Å². The third kappa shape index (κ3) is 3.08. The average molecular weight is 332 g/mol. The molecule has 0 amide bonds. The summed E-state index contributed by atoms with van der Waals surface area (Å²) in [6.45, 7) is 1.60. The zero-order valence-corrected chi connectivity index (χ0v) is 11.7. The molecule has 1 aromatic heterocycles. The highest BCUT2D eigenvalue weighted by molar-refractivity contribution is 9.10. The Kier molecular flexibility index (Phi) is 3.98. The number of benzene rings is 1. The Labute approximate surface area is 116 Å². The molecule has 0 atom stereocenters. The third-order valence-electron chi connectivity index (χ3n) is 2.04. The van der Waals surface area contributed by atoms with E-state index in [9.17, 15) is 4.79 Å². The number of carbonyl (C=O) groups is 1. The minimum absolute atomic E-state index is 0.0808. The highest BCUT2D eigenvalue weighted by atomic mass is 79.9. The van der Waals surface area contributed by atoms with Gasteiger partial charge in [-0.1, -0.05) is 32.7 Å². The molecule has 0 bridgehead atoms. The molecule has 7 heteroatoms. The Bertz CT molecular complexity index is 585. The summed E-state index contributed by atoms with van der Waals surface area (Å²) in [5, 5.41) is 3.91. The first kappa shape index (κ1) is 13.0. The first-order chi connectivity index (χ1) is 8.56. The minimum Gasteiger partial charge on any atom is -0.452 e. The Morgan fingerprint density at radius 2 is 2.33 bits per heavy atom. The van der Waals surface area contributed by atoms with Crippen LogP contribution in [0.3, 0.4) is 0 Å². The number of halogens is 2. The van der Waals surface area contributed by atoms with Crippen molar-refractivity contribution in [3.63, 3.8) is 0 Å². The van der Waals surface area contributed by atoms with Crippen molar-refractivity contribution < 1.29 is 14.1 Å². The van der Waals surface area contributed by atoms with Crippen molar-refractivity contribution in [1.29, 1.82) is 0 Å². The SMILES string of the molecule is Cc1noc(COC(=O)c2cc(Br)ccc2Cl)n1. The van der Waals surface area contributed by atoms with Crippen molar-refractivity contribution in [2.24, 2.45) is 0 Å². The van der Waals surface area contributed by atoms with Crippen molar-refractivity contribution in [2.75, 3.05) is 0 Å². The maximum absolute atomic E-state index is 11.8. The molecule has 0 aliphatic rings. The number of carbonyl (C=O) groups excluding carboxylic acids is 1. The predicted molar refractivity (Wildman–Crippen MR) is 67.3 cm³/mol. The van der Waals surface area contributed by atoms with Crippen LogP contribution in [0.4, 0.5) is 0 Å². The van der Waals surface area contributed by atoms with Crippen LogP contribution in [0, 0.1) is 6.92 Å². The van der Waals surface area contributed by atoms with Crippen molar-refractivity contribution >= 4 is 33.5 Å².